The molecule has 0 aromatic carbocycles. The Labute approximate surface area is 94.3 Å². The molecule has 2 rings (SSSR count). The summed E-state index contributed by atoms with van der Waals surface area (Å²) in [6.45, 7) is 2.19. The number of methoxy groups -OCH3 is 1. The van der Waals surface area contributed by atoms with Crippen molar-refractivity contribution >= 4 is 17.1 Å². The molecule has 1 aromatic rings. The first kappa shape index (κ1) is 10.7. The zero-order chi connectivity index (χ0) is 10.9. The van der Waals surface area contributed by atoms with Crippen molar-refractivity contribution in [2.24, 2.45) is 0 Å². The maximum absolute atomic E-state index is 11.5. The van der Waals surface area contributed by atoms with Crippen molar-refractivity contribution in [2.45, 2.75) is 38.0 Å². The fourth-order valence-corrected chi connectivity index (χ4v) is 3.25. The van der Waals surface area contributed by atoms with Crippen LogP contribution in [0.25, 0.3) is 0 Å². The van der Waals surface area contributed by atoms with Gasteiger partial charge in [-0.25, -0.2) is 0 Å². The van der Waals surface area contributed by atoms with Gasteiger partial charge in [0.05, 0.1) is 7.11 Å². The summed E-state index contributed by atoms with van der Waals surface area (Å²) in [6.07, 6.45) is 3.59. The molecule has 1 aliphatic carbocycles. The van der Waals surface area contributed by atoms with E-state index in [1.807, 2.05) is 6.07 Å². The van der Waals surface area contributed by atoms with E-state index in [4.69, 9.17) is 4.74 Å². The lowest BCUT2D eigenvalue weighted by Gasteiger charge is -2.31. The molecular weight excluding hydrogens is 208 g/mol. The maximum Gasteiger partial charge on any atom is 0.173 e. The molecule has 15 heavy (non-hydrogen) atoms. The molecule has 0 spiro atoms. The molecule has 2 nitrogen and oxygen atoms in total. The summed E-state index contributed by atoms with van der Waals surface area (Å²) in [4.78, 5) is 12.8. The number of hydrogen-bond donors (Lipinski definition) is 0. The number of thiophene rings is 1. The third-order valence-corrected chi connectivity index (χ3v) is 4.50. The minimum Gasteiger partial charge on any atom is -0.487 e. The smallest absolute Gasteiger partial charge is 0.173 e. The summed E-state index contributed by atoms with van der Waals surface area (Å²) in [5.74, 6) is 0.399. The average Bonchev–Trinajstić information content (AvgIpc) is 2.66. The van der Waals surface area contributed by atoms with Gasteiger partial charge in [0.25, 0.3) is 0 Å². The highest BCUT2D eigenvalue weighted by molar-refractivity contribution is 7.14. The summed E-state index contributed by atoms with van der Waals surface area (Å²) < 4.78 is 5.19. The maximum atomic E-state index is 11.5. The third-order valence-electron chi connectivity index (χ3n) is 3.15. The third kappa shape index (κ3) is 2.07. The lowest BCUT2D eigenvalue weighted by atomic mass is 9.74. The number of carbonyl (C=O) groups excluding carboxylic acids is 1. The van der Waals surface area contributed by atoms with Crippen molar-refractivity contribution in [3.05, 3.63) is 17.0 Å². The Morgan fingerprint density at radius 3 is 2.87 bits per heavy atom. The molecule has 0 N–H and O–H groups in total. The van der Waals surface area contributed by atoms with E-state index in [9.17, 15) is 4.79 Å². The molecule has 0 saturated heterocycles. The molecule has 0 bridgehead atoms. The molecule has 1 aromatic heterocycles. The van der Waals surface area contributed by atoms with Gasteiger partial charge in [0.15, 0.2) is 5.06 Å². The van der Waals surface area contributed by atoms with Crippen LogP contribution in [0, 0.1) is 0 Å². The fraction of sp³-hybridized carbons (Fsp3) is 0.583. The Bertz CT molecular complexity index is 369. The predicted molar refractivity (Wildman–Crippen MR) is 61.7 cm³/mol. The number of carbonyl (C=O) groups is 1. The van der Waals surface area contributed by atoms with Crippen molar-refractivity contribution < 1.29 is 9.53 Å². The first-order chi connectivity index (χ1) is 7.14. The highest BCUT2D eigenvalue weighted by Gasteiger charge is 2.34. The second kappa shape index (κ2) is 3.97. The highest BCUT2D eigenvalue weighted by atomic mass is 32.1. The summed E-state index contributed by atoms with van der Waals surface area (Å²) in [6, 6.07) is 4.09. The van der Waals surface area contributed by atoms with E-state index < -0.39 is 0 Å². The van der Waals surface area contributed by atoms with Crippen LogP contribution in [0.2, 0.25) is 0 Å². The van der Waals surface area contributed by atoms with Crippen LogP contribution in [0.1, 0.15) is 37.5 Å². The van der Waals surface area contributed by atoms with E-state index in [1.165, 1.54) is 4.88 Å². The van der Waals surface area contributed by atoms with Gasteiger partial charge in [-0.2, -0.15) is 0 Å². The largest absolute Gasteiger partial charge is 0.487 e. The van der Waals surface area contributed by atoms with Gasteiger partial charge < -0.3 is 4.74 Å². The number of ketones is 1. The standard InChI is InChI=1S/C12H16O2S/c1-12(7-3-4-9(13)8-12)10-5-6-11(14-2)15-10/h5-6H,3-4,7-8H2,1-2H3. The van der Waals surface area contributed by atoms with Gasteiger partial charge in [-0.05, 0) is 25.0 Å². The van der Waals surface area contributed by atoms with Gasteiger partial charge in [-0.3, -0.25) is 4.79 Å². The van der Waals surface area contributed by atoms with Crippen LogP contribution in [-0.2, 0) is 10.2 Å². The molecule has 1 atom stereocenters. The van der Waals surface area contributed by atoms with Crippen molar-refractivity contribution in [3.8, 4) is 5.06 Å². The minimum atomic E-state index is 0.0524. The number of ether oxygens (including phenoxy) is 1. The molecule has 0 amide bonds. The molecule has 0 aliphatic heterocycles. The Morgan fingerprint density at radius 1 is 1.47 bits per heavy atom. The van der Waals surface area contributed by atoms with Crippen LogP contribution >= 0.6 is 11.3 Å². The minimum absolute atomic E-state index is 0.0524. The average molecular weight is 224 g/mol. The predicted octanol–water partition coefficient (Wildman–Crippen LogP) is 3.16. The van der Waals surface area contributed by atoms with E-state index in [0.717, 1.165) is 24.3 Å². The van der Waals surface area contributed by atoms with Crippen LogP contribution in [0.15, 0.2) is 12.1 Å². The summed E-state index contributed by atoms with van der Waals surface area (Å²) in [7, 11) is 1.68. The van der Waals surface area contributed by atoms with Crippen LogP contribution in [-0.4, -0.2) is 12.9 Å². The van der Waals surface area contributed by atoms with Gasteiger partial charge in [-0.1, -0.05) is 6.92 Å². The Hall–Kier alpha value is -0.830. The van der Waals surface area contributed by atoms with Crippen LogP contribution in [0.3, 0.4) is 0 Å². The zero-order valence-corrected chi connectivity index (χ0v) is 10.0. The van der Waals surface area contributed by atoms with E-state index in [-0.39, 0.29) is 5.41 Å². The van der Waals surface area contributed by atoms with Gasteiger partial charge >= 0.3 is 0 Å². The van der Waals surface area contributed by atoms with Crippen molar-refractivity contribution in [1.82, 2.24) is 0 Å². The van der Waals surface area contributed by atoms with Crippen molar-refractivity contribution in [2.75, 3.05) is 7.11 Å². The van der Waals surface area contributed by atoms with E-state index >= 15 is 0 Å². The first-order valence-electron chi connectivity index (χ1n) is 5.30. The lowest BCUT2D eigenvalue weighted by molar-refractivity contribution is -0.121. The van der Waals surface area contributed by atoms with Crippen LogP contribution in [0.5, 0.6) is 5.06 Å². The lowest BCUT2D eigenvalue weighted by Crippen LogP contribution is -2.28. The normalized spacial score (nSPS) is 26.7. The SMILES string of the molecule is COc1ccc(C2(C)CCCC(=O)C2)s1. The molecule has 0 radical (unpaired) electrons. The Kier molecular flexibility index (Phi) is 2.83. The second-order valence-electron chi connectivity index (χ2n) is 4.45. The Balaban J connectivity index is 2.23. The van der Waals surface area contributed by atoms with Gasteiger partial charge in [-0.15, -0.1) is 11.3 Å². The summed E-state index contributed by atoms with van der Waals surface area (Å²) in [5, 5.41) is 0.934. The fourth-order valence-electron chi connectivity index (χ4n) is 2.25. The first-order valence-corrected chi connectivity index (χ1v) is 6.12. The molecule has 1 unspecified atom stereocenters. The van der Waals surface area contributed by atoms with Crippen LogP contribution < -0.4 is 4.74 Å². The molecule has 1 aliphatic rings. The molecule has 1 saturated carbocycles. The van der Waals surface area contributed by atoms with Gasteiger partial charge in [0.1, 0.15) is 5.78 Å². The molecule has 1 heterocycles. The van der Waals surface area contributed by atoms with Gasteiger partial charge in [0.2, 0.25) is 0 Å². The quantitative estimate of drug-likeness (QED) is 0.771. The topological polar surface area (TPSA) is 26.3 Å². The number of rotatable bonds is 2. The monoisotopic (exact) mass is 224 g/mol. The number of Topliss-reactive ketones (excluding diaryl/α,β-unsaturated/α-hetero) is 1. The van der Waals surface area contributed by atoms with E-state index in [2.05, 4.69) is 13.0 Å². The number of hydrogen-bond acceptors (Lipinski definition) is 3. The molecule has 3 heteroatoms. The molecule has 1 fully saturated rings. The second-order valence-corrected chi connectivity index (χ2v) is 5.50. The van der Waals surface area contributed by atoms with Crippen molar-refractivity contribution in [3.63, 3.8) is 0 Å². The van der Waals surface area contributed by atoms with Crippen LogP contribution in [0.4, 0.5) is 0 Å². The molecular formula is C12H16O2S. The molecule has 82 valence electrons. The Morgan fingerprint density at radius 2 is 2.27 bits per heavy atom. The van der Waals surface area contributed by atoms with E-state index in [0.29, 0.717) is 12.2 Å². The highest BCUT2D eigenvalue weighted by Crippen LogP contribution is 2.42. The van der Waals surface area contributed by atoms with Crippen molar-refractivity contribution in [1.29, 1.82) is 0 Å². The van der Waals surface area contributed by atoms with E-state index in [1.54, 1.807) is 18.4 Å². The summed E-state index contributed by atoms with van der Waals surface area (Å²) in [5.41, 5.74) is 0.0524. The summed E-state index contributed by atoms with van der Waals surface area (Å²) >= 11 is 1.67. The van der Waals surface area contributed by atoms with Gasteiger partial charge in [0, 0.05) is 23.1 Å². The zero-order valence-electron chi connectivity index (χ0n) is 9.21.